The molecule has 6 heteroatoms. The van der Waals surface area contributed by atoms with Gasteiger partial charge in [-0.05, 0) is 38.3 Å². The number of benzene rings is 1. The van der Waals surface area contributed by atoms with Gasteiger partial charge >= 0.3 is 0 Å². The second kappa shape index (κ2) is 6.81. The van der Waals surface area contributed by atoms with Gasteiger partial charge in [0.25, 0.3) is 0 Å². The summed E-state index contributed by atoms with van der Waals surface area (Å²) >= 11 is 0. The summed E-state index contributed by atoms with van der Waals surface area (Å²) < 4.78 is 5.83. The molecule has 1 unspecified atom stereocenters. The molecular formula is C17H21N3O3. The Kier molecular flexibility index (Phi) is 4.60. The molecule has 1 aromatic heterocycles. The molecule has 1 N–H and O–H groups in total. The maximum atomic E-state index is 12.5. The van der Waals surface area contributed by atoms with Crippen LogP contribution in [0.4, 0.5) is 0 Å². The smallest absolute Gasteiger partial charge is 0.232 e. The van der Waals surface area contributed by atoms with Crippen molar-refractivity contribution < 1.29 is 14.0 Å². The third kappa shape index (κ3) is 3.36. The number of hydrogen-bond acceptors (Lipinski definition) is 4. The van der Waals surface area contributed by atoms with E-state index in [1.165, 1.54) is 0 Å². The highest BCUT2D eigenvalue weighted by Crippen LogP contribution is 2.32. The summed E-state index contributed by atoms with van der Waals surface area (Å²) in [4.78, 5) is 30.4. The molecule has 1 atom stereocenters. The van der Waals surface area contributed by atoms with Crippen LogP contribution in [0.25, 0.3) is 11.1 Å². The molecule has 122 valence electrons. The largest absolute Gasteiger partial charge is 0.438 e. The number of nitrogens with zero attached hydrogens (tertiary/aromatic N) is 2. The van der Waals surface area contributed by atoms with Gasteiger partial charge in [-0.25, -0.2) is 4.98 Å². The number of rotatable bonds is 4. The lowest BCUT2D eigenvalue weighted by atomic mass is 10.0. The Bertz CT molecular complexity index is 677. The van der Waals surface area contributed by atoms with Gasteiger partial charge in [-0.3, -0.25) is 9.59 Å². The van der Waals surface area contributed by atoms with Crippen LogP contribution in [-0.4, -0.2) is 34.8 Å². The Labute approximate surface area is 134 Å². The number of para-hydroxylation sites is 2. The van der Waals surface area contributed by atoms with Crippen LogP contribution in [0.5, 0.6) is 0 Å². The van der Waals surface area contributed by atoms with Crippen LogP contribution in [-0.2, 0) is 9.59 Å². The number of carbonyl (C=O) groups excluding carboxylic acids is 2. The van der Waals surface area contributed by atoms with E-state index in [0.29, 0.717) is 19.0 Å². The zero-order chi connectivity index (χ0) is 16.2. The minimum absolute atomic E-state index is 0.120. The highest BCUT2D eigenvalue weighted by molar-refractivity contribution is 5.97. The molecule has 2 aromatic rings. The van der Waals surface area contributed by atoms with Crippen LogP contribution >= 0.6 is 0 Å². The van der Waals surface area contributed by atoms with Crippen LogP contribution in [0, 0.1) is 0 Å². The van der Waals surface area contributed by atoms with Crippen LogP contribution in [0.2, 0.25) is 0 Å². The predicted molar refractivity (Wildman–Crippen MR) is 85.6 cm³/mol. The van der Waals surface area contributed by atoms with Crippen molar-refractivity contribution in [2.45, 2.75) is 38.6 Å². The first-order valence-corrected chi connectivity index (χ1v) is 8.10. The van der Waals surface area contributed by atoms with E-state index >= 15 is 0 Å². The summed E-state index contributed by atoms with van der Waals surface area (Å²) in [6.07, 6.45) is 2.66. The van der Waals surface area contributed by atoms with Crippen molar-refractivity contribution in [1.82, 2.24) is 15.2 Å². The van der Waals surface area contributed by atoms with Crippen molar-refractivity contribution in [3.05, 3.63) is 30.2 Å². The topological polar surface area (TPSA) is 75.4 Å². The highest BCUT2D eigenvalue weighted by atomic mass is 16.3. The number of hydrogen-bond donors (Lipinski definition) is 1. The first kappa shape index (κ1) is 15.5. The molecule has 1 aromatic carbocycles. The number of piperidine rings is 1. The predicted octanol–water partition coefficient (Wildman–Crippen LogP) is 2.41. The lowest BCUT2D eigenvalue weighted by molar-refractivity contribution is -0.139. The molecule has 1 aliphatic rings. The summed E-state index contributed by atoms with van der Waals surface area (Å²) in [5.74, 6) is 0.164. The Morgan fingerprint density at radius 3 is 2.96 bits per heavy atom. The number of likely N-dealkylation sites (tertiary alicyclic amines) is 1. The molecule has 0 aliphatic carbocycles. The fourth-order valence-corrected chi connectivity index (χ4v) is 3.02. The van der Waals surface area contributed by atoms with E-state index in [2.05, 4.69) is 10.3 Å². The standard InChI is InChI=1S/C17H21N3O3/c1-2-18-15(21)11-16(22)20-10-6-5-8-13(20)17-19-12-7-3-4-9-14(12)23-17/h3-4,7,9,13H,2,5-6,8,10-11H2,1H3,(H,18,21). The second-order valence-electron chi connectivity index (χ2n) is 5.75. The van der Waals surface area contributed by atoms with Gasteiger partial charge in [-0.1, -0.05) is 12.1 Å². The molecule has 3 rings (SSSR count). The normalized spacial score (nSPS) is 18.1. The Morgan fingerprint density at radius 2 is 2.17 bits per heavy atom. The average Bonchev–Trinajstić information content (AvgIpc) is 2.99. The van der Waals surface area contributed by atoms with Gasteiger partial charge in [0.05, 0.1) is 0 Å². The molecule has 23 heavy (non-hydrogen) atoms. The molecule has 2 amide bonds. The fourth-order valence-electron chi connectivity index (χ4n) is 3.02. The molecule has 2 heterocycles. The van der Waals surface area contributed by atoms with Gasteiger partial charge in [0.1, 0.15) is 18.0 Å². The number of carbonyl (C=O) groups is 2. The first-order chi connectivity index (χ1) is 11.2. The Morgan fingerprint density at radius 1 is 1.35 bits per heavy atom. The molecule has 6 nitrogen and oxygen atoms in total. The van der Waals surface area contributed by atoms with E-state index in [1.807, 2.05) is 31.2 Å². The van der Waals surface area contributed by atoms with Crippen LogP contribution in [0.15, 0.2) is 28.7 Å². The average molecular weight is 315 g/mol. The molecule has 1 saturated heterocycles. The number of oxazole rings is 1. The van der Waals surface area contributed by atoms with Gasteiger partial charge in [0, 0.05) is 13.1 Å². The summed E-state index contributed by atoms with van der Waals surface area (Å²) in [5.41, 5.74) is 1.52. The lowest BCUT2D eigenvalue weighted by Crippen LogP contribution is -2.41. The van der Waals surface area contributed by atoms with E-state index in [-0.39, 0.29) is 24.3 Å². The van der Waals surface area contributed by atoms with Crippen molar-refractivity contribution in [3.8, 4) is 0 Å². The molecule has 0 radical (unpaired) electrons. The van der Waals surface area contributed by atoms with E-state index in [1.54, 1.807) is 4.90 Å². The zero-order valence-electron chi connectivity index (χ0n) is 13.2. The van der Waals surface area contributed by atoms with Crippen LogP contribution in [0.3, 0.4) is 0 Å². The van der Waals surface area contributed by atoms with Crippen molar-refractivity contribution in [1.29, 1.82) is 0 Å². The summed E-state index contributed by atoms with van der Waals surface area (Å²) in [6, 6.07) is 7.39. The zero-order valence-corrected chi connectivity index (χ0v) is 13.2. The Hall–Kier alpha value is -2.37. The monoisotopic (exact) mass is 315 g/mol. The van der Waals surface area contributed by atoms with Crippen molar-refractivity contribution in [2.75, 3.05) is 13.1 Å². The molecule has 1 fully saturated rings. The van der Waals surface area contributed by atoms with Gasteiger partial charge in [0.2, 0.25) is 17.7 Å². The summed E-state index contributed by atoms with van der Waals surface area (Å²) in [7, 11) is 0. The van der Waals surface area contributed by atoms with E-state index in [4.69, 9.17) is 4.42 Å². The third-order valence-electron chi connectivity index (χ3n) is 4.10. The van der Waals surface area contributed by atoms with Crippen molar-refractivity contribution in [2.24, 2.45) is 0 Å². The molecule has 1 aliphatic heterocycles. The minimum atomic E-state index is -0.237. The van der Waals surface area contributed by atoms with Gasteiger partial charge in [-0.15, -0.1) is 0 Å². The van der Waals surface area contributed by atoms with Gasteiger partial charge in [-0.2, -0.15) is 0 Å². The number of aromatic nitrogens is 1. The third-order valence-corrected chi connectivity index (χ3v) is 4.10. The number of fused-ring (bicyclic) bond motifs is 1. The summed E-state index contributed by atoms with van der Waals surface area (Å²) in [5, 5.41) is 2.67. The maximum Gasteiger partial charge on any atom is 0.232 e. The maximum absolute atomic E-state index is 12.5. The number of nitrogens with one attached hydrogen (secondary N) is 1. The quantitative estimate of drug-likeness (QED) is 0.879. The van der Waals surface area contributed by atoms with Crippen LogP contribution in [0.1, 0.15) is 44.5 Å². The van der Waals surface area contributed by atoms with Gasteiger partial charge < -0.3 is 14.6 Å². The van der Waals surface area contributed by atoms with E-state index in [9.17, 15) is 9.59 Å². The second-order valence-corrected chi connectivity index (χ2v) is 5.75. The SMILES string of the molecule is CCNC(=O)CC(=O)N1CCCCC1c1nc2ccccc2o1. The van der Waals surface area contributed by atoms with Crippen LogP contribution < -0.4 is 5.32 Å². The molecular weight excluding hydrogens is 294 g/mol. The molecule has 0 bridgehead atoms. The van der Waals surface area contributed by atoms with Crippen molar-refractivity contribution >= 4 is 22.9 Å². The number of amides is 2. The van der Waals surface area contributed by atoms with E-state index < -0.39 is 0 Å². The molecule has 0 saturated carbocycles. The summed E-state index contributed by atoms with van der Waals surface area (Å²) in [6.45, 7) is 3.01. The highest BCUT2D eigenvalue weighted by Gasteiger charge is 2.32. The lowest BCUT2D eigenvalue weighted by Gasteiger charge is -2.33. The van der Waals surface area contributed by atoms with Crippen molar-refractivity contribution in [3.63, 3.8) is 0 Å². The minimum Gasteiger partial charge on any atom is -0.438 e. The fraction of sp³-hybridized carbons (Fsp3) is 0.471. The van der Waals surface area contributed by atoms with E-state index in [0.717, 1.165) is 30.4 Å². The Balaban J connectivity index is 1.80. The molecule has 0 spiro atoms. The first-order valence-electron chi connectivity index (χ1n) is 8.10. The van der Waals surface area contributed by atoms with Gasteiger partial charge in [0.15, 0.2) is 5.58 Å².